The second-order valence-electron chi connectivity index (χ2n) is 6.70. The van der Waals surface area contributed by atoms with Gasteiger partial charge in [0.25, 0.3) is 0 Å². The van der Waals surface area contributed by atoms with Crippen molar-refractivity contribution in [2.75, 3.05) is 32.1 Å². The summed E-state index contributed by atoms with van der Waals surface area (Å²) in [6.45, 7) is 5.43. The lowest BCUT2D eigenvalue weighted by Gasteiger charge is -2.21. The molecule has 150 valence electrons. The number of anilines is 1. The van der Waals surface area contributed by atoms with Gasteiger partial charge in [-0.25, -0.2) is 0 Å². The lowest BCUT2D eigenvalue weighted by Crippen LogP contribution is -2.41. The summed E-state index contributed by atoms with van der Waals surface area (Å²) >= 11 is 0. The molecule has 0 unspecified atom stereocenters. The quantitative estimate of drug-likeness (QED) is 0.662. The zero-order chi connectivity index (χ0) is 20.4. The van der Waals surface area contributed by atoms with E-state index in [2.05, 4.69) is 10.6 Å². The first-order chi connectivity index (χ1) is 13.5. The minimum Gasteiger partial charge on any atom is -0.497 e. The second-order valence-corrected chi connectivity index (χ2v) is 6.70. The summed E-state index contributed by atoms with van der Waals surface area (Å²) in [7, 11) is 1.61. The van der Waals surface area contributed by atoms with Crippen molar-refractivity contribution in [2.24, 2.45) is 0 Å². The Morgan fingerprint density at radius 2 is 1.79 bits per heavy atom. The molecule has 6 heteroatoms. The van der Waals surface area contributed by atoms with Gasteiger partial charge in [-0.05, 0) is 49.2 Å². The van der Waals surface area contributed by atoms with Gasteiger partial charge >= 0.3 is 0 Å². The Balaban J connectivity index is 1.85. The van der Waals surface area contributed by atoms with Crippen molar-refractivity contribution in [3.05, 3.63) is 59.7 Å². The van der Waals surface area contributed by atoms with Crippen LogP contribution in [-0.4, -0.2) is 43.5 Å². The number of aryl methyl sites for hydroxylation is 1. The summed E-state index contributed by atoms with van der Waals surface area (Å²) in [5.41, 5.74) is 2.77. The van der Waals surface area contributed by atoms with Crippen LogP contribution in [0.5, 0.6) is 5.75 Å². The molecule has 2 aromatic carbocycles. The van der Waals surface area contributed by atoms with Crippen molar-refractivity contribution >= 4 is 17.5 Å². The Morgan fingerprint density at radius 3 is 2.50 bits per heavy atom. The minimum atomic E-state index is -0.122. The lowest BCUT2D eigenvalue weighted by atomic mass is 10.2. The molecule has 0 heterocycles. The molecule has 0 spiro atoms. The third kappa shape index (κ3) is 7.04. The van der Waals surface area contributed by atoms with Gasteiger partial charge in [0.1, 0.15) is 5.75 Å². The smallest absolute Gasteiger partial charge is 0.238 e. The molecule has 28 heavy (non-hydrogen) atoms. The molecule has 0 aromatic heterocycles. The van der Waals surface area contributed by atoms with Gasteiger partial charge in [0.15, 0.2) is 0 Å². The number of nitrogens with zero attached hydrogens (tertiary/aromatic N) is 1. The number of benzene rings is 2. The van der Waals surface area contributed by atoms with E-state index < -0.39 is 0 Å². The highest BCUT2D eigenvalue weighted by Gasteiger charge is 2.14. The SMILES string of the molecule is CCCN(CC(=O)NCc1cccc(OC)c1)CC(=O)Nc1ccccc1C. The molecule has 0 aliphatic rings. The summed E-state index contributed by atoms with van der Waals surface area (Å²) in [6, 6.07) is 15.2. The zero-order valence-electron chi connectivity index (χ0n) is 16.8. The molecule has 0 radical (unpaired) electrons. The van der Waals surface area contributed by atoms with Crippen molar-refractivity contribution in [3.63, 3.8) is 0 Å². The van der Waals surface area contributed by atoms with E-state index in [0.29, 0.717) is 13.1 Å². The molecule has 0 saturated heterocycles. The van der Waals surface area contributed by atoms with Crippen molar-refractivity contribution in [1.29, 1.82) is 0 Å². The summed E-state index contributed by atoms with van der Waals surface area (Å²) in [6.07, 6.45) is 0.862. The first-order valence-electron chi connectivity index (χ1n) is 9.49. The molecule has 0 fully saturated rings. The van der Waals surface area contributed by atoms with Crippen LogP contribution in [0.3, 0.4) is 0 Å². The molecule has 6 nitrogen and oxygen atoms in total. The Labute approximate surface area is 166 Å². The minimum absolute atomic E-state index is 0.111. The summed E-state index contributed by atoms with van der Waals surface area (Å²) in [5, 5.41) is 5.82. The monoisotopic (exact) mass is 383 g/mol. The molecule has 0 atom stereocenters. The molecule has 2 N–H and O–H groups in total. The van der Waals surface area contributed by atoms with E-state index in [-0.39, 0.29) is 24.9 Å². The standard InChI is InChI=1S/C22H29N3O3/c1-4-12-25(16-22(27)24-20-11-6-5-8-17(20)2)15-21(26)23-14-18-9-7-10-19(13-18)28-3/h5-11,13H,4,12,14-16H2,1-3H3,(H,23,26)(H,24,27). The van der Waals surface area contributed by atoms with Crippen LogP contribution in [-0.2, 0) is 16.1 Å². The number of carbonyl (C=O) groups excluding carboxylic acids is 2. The summed E-state index contributed by atoms with van der Waals surface area (Å²) in [5.74, 6) is 0.524. The second kappa shape index (κ2) is 11.1. The topological polar surface area (TPSA) is 70.7 Å². The average molecular weight is 383 g/mol. The first-order valence-corrected chi connectivity index (χ1v) is 9.49. The molecule has 2 aromatic rings. The molecule has 0 bridgehead atoms. The van der Waals surface area contributed by atoms with E-state index in [1.165, 1.54) is 0 Å². The van der Waals surface area contributed by atoms with Crippen molar-refractivity contribution in [1.82, 2.24) is 10.2 Å². The van der Waals surface area contributed by atoms with Gasteiger partial charge < -0.3 is 15.4 Å². The van der Waals surface area contributed by atoms with Crippen LogP contribution in [0, 0.1) is 6.92 Å². The van der Waals surface area contributed by atoms with Gasteiger partial charge in [-0.15, -0.1) is 0 Å². The van der Waals surface area contributed by atoms with E-state index in [0.717, 1.165) is 29.0 Å². The van der Waals surface area contributed by atoms with E-state index in [1.807, 2.05) is 67.3 Å². The van der Waals surface area contributed by atoms with Crippen LogP contribution < -0.4 is 15.4 Å². The number of rotatable bonds is 10. The van der Waals surface area contributed by atoms with Gasteiger partial charge in [0, 0.05) is 12.2 Å². The number of ether oxygens (including phenoxy) is 1. The number of para-hydroxylation sites is 1. The molecule has 2 amide bonds. The fourth-order valence-electron chi connectivity index (χ4n) is 2.88. The van der Waals surface area contributed by atoms with Crippen LogP contribution in [0.1, 0.15) is 24.5 Å². The Kier molecular flexibility index (Phi) is 8.49. The number of carbonyl (C=O) groups is 2. The van der Waals surface area contributed by atoms with Gasteiger partial charge in [-0.3, -0.25) is 14.5 Å². The number of methoxy groups -OCH3 is 1. The van der Waals surface area contributed by atoms with E-state index in [4.69, 9.17) is 4.74 Å². The maximum absolute atomic E-state index is 12.4. The maximum atomic E-state index is 12.4. The van der Waals surface area contributed by atoms with Crippen LogP contribution in [0.4, 0.5) is 5.69 Å². The number of hydrogen-bond donors (Lipinski definition) is 2. The van der Waals surface area contributed by atoms with Crippen LogP contribution in [0.2, 0.25) is 0 Å². The van der Waals surface area contributed by atoms with E-state index in [1.54, 1.807) is 7.11 Å². The Bertz CT molecular complexity index is 792. The Hall–Kier alpha value is -2.86. The molecular weight excluding hydrogens is 354 g/mol. The highest BCUT2D eigenvalue weighted by molar-refractivity contribution is 5.93. The predicted octanol–water partition coefficient (Wildman–Crippen LogP) is 2.97. The lowest BCUT2D eigenvalue weighted by molar-refractivity contribution is -0.123. The molecule has 0 aliphatic carbocycles. The van der Waals surface area contributed by atoms with Crippen molar-refractivity contribution < 1.29 is 14.3 Å². The maximum Gasteiger partial charge on any atom is 0.238 e. The van der Waals surface area contributed by atoms with Crippen LogP contribution in [0.15, 0.2) is 48.5 Å². The van der Waals surface area contributed by atoms with Gasteiger partial charge in [0.05, 0.1) is 20.2 Å². The highest BCUT2D eigenvalue weighted by atomic mass is 16.5. The number of hydrogen-bond acceptors (Lipinski definition) is 4. The van der Waals surface area contributed by atoms with E-state index >= 15 is 0 Å². The third-order valence-corrected chi connectivity index (χ3v) is 4.32. The summed E-state index contributed by atoms with van der Waals surface area (Å²) < 4.78 is 5.19. The molecule has 0 saturated carbocycles. The Morgan fingerprint density at radius 1 is 1.04 bits per heavy atom. The normalized spacial score (nSPS) is 10.6. The van der Waals surface area contributed by atoms with E-state index in [9.17, 15) is 9.59 Å². The summed E-state index contributed by atoms with van der Waals surface area (Å²) in [4.78, 5) is 26.6. The van der Waals surface area contributed by atoms with Gasteiger partial charge in [-0.1, -0.05) is 37.3 Å². The third-order valence-electron chi connectivity index (χ3n) is 4.32. The van der Waals surface area contributed by atoms with Crippen LogP contribution in [0.25, 0.3) is 0 Å². The van der Waals surface area contributed by atoms with Gasteiger partial charge in [-0.2, -0.15) is 0 Å². The fraction of sp³-hybridized carbons (Fsp3) is 0.364. The number of nitrogens with one attached hydrogen (secondary N) is 2. The molecule has 2 rings (SSSR count). The van der Waals surface area contributed by atoms with Crippen molar-refractivity contribution in [3.8, 4) is 5.75 Å². The highest BCUT2D eigenvalue weighted by Crippen LogP contribution is 2.13. The number of amides is 2. The molecular formula is C22H29N3O3. The largest absolute Gasteiger partial charge is 0.497 e. The van der Waals surface area contributed by atoms with Crippen LogP contribution >= 0.6 is 0 Å². The fourth-order valence-corrected chi connectivity index (χ4v) is 2.88. The van der Waals surface area contributed by atoms with Crippen molar-refractivity contribution in [2.45, 2.75) is 26.8 Å². The molecule has 0 aliphatic heterocycles. The average Bonchev–Trinajstić information content (AvgIpc) is 2.68. The van der Waals surface area contributed by atoms with Gasteiger partial charge in [0.2, 0.25) is 11.8 Å². The predicted molar refractivity (Wildman–Crippen MR) is 111 cm³/mol. The zero-order valence-corrected chi connectivity index (χ0v) is 16.8. The first kappa shape index (κ1) is 21.4.